The Morgan fingerprint density at radius 3 is 2.52 bits per heavy atom. The number of hydrogen-bond donors (Lipinski definition) is 2. The quantitative estimate of drug-likeness (QED) is 0.688. The van der Waals surface area contributed by atoms with Crippen LogP contribution in [0.1, 0.15) is 22.8 Å². The molecule has 0 spiro atoms. The van der Waals surface area contributed by atoms with E-state index in [0.29, 0.717) is 12.0 Å². The van der Waals surface area contributed by atoms with Crippen LogP contribution >= 0.6 is 0 Å². The maximum Gasteiger partial charge on any atom is 0.335 e. The van der Waals surface area contributed by atoms with Crippen LogP contribution in [0.4, 0.5) is 0 Å². The molecule has 3 rings (SSSR count). The maximum absolute atomic E-state index is 12.8. The Balaban J connectivity index is 2.52. The van der Waals surface area contributed by atoms with E-state index >= 15 is 0 Å². The molecule has 2 N–H and O–H groups in total. The molecule has 8 heteroatoms. The molecular weight excluding hydrogens is 346 g/mol. The lowest BCUT2D eigenvalue weighted by Gasteiger charge is -2.10. The minimum atomic E-state index is -3.84. The Morgan fingerprint density at radius 2 is 1.92 bits per heavy atom. The van der Waals surface area contributed by atoms with Gasteiger partial charge in [0.2, 0.25) is 15.5 Å². The highest BCUT2D eigenvalue weighted by Gasteiger charge is 2.21. The van der Waals surface area contributed by atoms with E-state index < -0.39 is 21.4 Å². The summed E-state index contributed by atoms with van der Waals surface area (Å²) in [4.78, 5) is 23.8. The largest absolute Gasteiger partial charge is 0.478 e. The summed E-state index contributed by atoms with van der Waals surface area (Å²) in [5.74, 6) is -1.16. The Hall–Kier alpha value is -2.71. The van der Waals surface area contributed by atoms with Gasteiger partial charge in [0.1, 0.15) is 10.5 Å². The van der Waals surface area contributed by atoms with Crippen LogP contribution in [0.25, 0.3) is 21.9 Å². The highest BCUT2D eigenvalue weighted by molar-refractivity contribution is 7.89. The number of sulfonamides is 1. The zero-order valence-corrected chi connectivity index (χ0v) is 14.3. The molecule has 1 heterocycles. The van der Waals surface area contributed by atoms with Gasteiger partial charge in [-0.25, -0.2) is 17.9 Å². The van der Waals surface area contributed by atoms with Crippen LogP contribution < -0.4 is 10.2 Å². The molecule has 3 aromatic rings. The first-order valence-electron chi connectivity index (χ1n) is 7.49. The molecule has 0 aliphatic heterocycles. The summed E-state index contributed by atoms with van der Waals surface area (Å²) in [6, 6.07) is 6.92. The third-order valence-electron chi connectivity index (χ3n) is 4.01. The van der Waals surface area contributed by atoms with Crippen LogP contribution in [-0.2, 0) is 16.4 Å². The smallest absolute Gasteiger partial charge is 0.335 e. The third kappa shape index (κ3) is 2.79. The van der Waals surface area contributed by atoms with E-state index in [9.17, 15) is 18.0 Å². The van der Waals surface area contributed by atoms with E-state index in [1.54, 1.807) is 6.07 Å². The Bertz CT molecular complexity index is 1180. The molecule has 0 amide bonds. The number of aryl methyl sites for hydroxylation is 1. The van der Waals surface area contributed by atoms with Gasteiger partial charge in [0.25, 0.3) is 0 Å². The first-order chi connectivity index (χ1) is 11.8. The van der Waals surface area contributed by atoms with Gasteiger partial charge < -0.3 is 9.52 Å². The van der Waals surface area contributed by atoms with Crippen molar-refractivity contribution in [1.82, 2.24) is 4.72 Å². The SMILES string of the molecule is CCc1cc(S(=O)(=O)NC)c2oc3ccc(C(=O)O)cc3c(=O)c2c1. The molecule has 0 aliphatic carbocycles. The zero-order valence-electron chi connectivity index (χ0n) is 13.5. The monoisotopic (exact) mass is 361 g/mol. The highest BCUT2D eigenvalue weighted by atomic mass is 32.2. The van der Waals surface area contributed by atoms with E-state index in [4.69, 9.17) is 9.52 Å². The van der Waals surface area contributed by atoms with Crippen LogP contribution in [0.5, 0.6) is 0 Å². The van der Waals surface area contributed by atoms with Crippen molar-refractivity contribution in [3.05, 3.63) is 51.7 Å². The summed E-state index contributed by atoms with van der Waals surface area (Å²) in [7, 11) is -2.57. The minimum absolute atomic E-state index is 0.0473. The summed E-state index contributed by atoms with van der Waals surface area (Å²) >= 11 is 0. The standard InChI is InChI=1S/C17H15NO6S/c1-3-9-6-12-15(19)11-8-10(17(20)21)4-5-13(11)24-16(12)14(7-9)25(22,23)18-2/h4-8,18H,3H2,1-2H3,(H,20,21). The number of carboxylic acids is 1. The Labute approximate surface area is 142 Å². The number of carbonyl (C=O) groups is 1. The fourth-order valence-corrected chi connectivity index (χ4v) is 3.55. The predicted molar refractivity (Wildman–Crippen MR) is 92.6 cm³/mol. The number of carboxylic acid groups (broad SMARTS) is 1. The minimum Gasteiger partial charge on any atom is -0.478 e. The first-order valence-corrected chi connectivity index (χ1v) is 8.97. The molecule has 0 bridgehead atoms. The molecule has 0 aliphatic rings. The van der Waals surface area contributed by atoms with Gasteiger partial charge in [-0.15, -0.1) is 0 Å². The average molecular weight is 361 g/mol. The Kier molecular flexibility index (Phi) is 4.09. The van der Waals surface area contributed by atoms with Crippen molar-refractivity contribution in [3.63, 3.8) is 0 Å². The van der Waals surface area contributed by atoms with Crippen LogP contribution in [-0.4, -0.2) is 26.5 Å². The topological polar surface area (TPSA) is 114 Å². The van der Waals surface area contributed by atoms with E-state index in [1.165, 1.54) is 31.3 Å². The van der Waals surface area contributed by atoms with Gasteiger partial charge in [0.15, 0.2) is 5.58 Å². The lowest BCUT2D eigenvalue weighted by Crippen LogP contribution is -2.20. The molecule has 25 heavy (non-hydrogen) atoms. The number of aromatic carboxylic acids is 1. The molecular formula is C17H15NO6S. The van der Waals surface area contributed by atoms with Gasteiger partial charge in [-0.2, -0.15) is 0 Å². The van der Waals surface area contributed by atoms with Gasteiger partial charge in [-0.1, -0.05) is 6.92 Å². The second kappa shape index (κ2) is 5.98. The summed E-state index contributed by atoms with van der Waals surface area (Å²) in [5, 5.41) is 9.28. The highest BCUT2D eigenvalue weighted by Crippen LogP contribution is 2.27. The van der Waals surface area contributed by atoms with Crippen LogP contribution in [0.3, 0.4) is 0 Å². The van der Waals surface area contributed by atoms with Gasteiger partial charge in [-0.05, 0) is 49.4 Å². The number of benzene rings is 2. The number of rotatable bonds is 4. The van der Waals surface area contributed by atoms with Crippen molar-refractivity contribution in [1.29, 1.82) is 0 Å². The normalized spacial score (nSPS) is 11.9. The molecule has 130 valence electrons. The Morgan fingerprint density at radius 1 is 1.20 bits per heavy atom. The number of hydrogen-bond acceptors (Lipinski definition) is 5. The van der Waals surface area contributed by atoms with E-state index in [2.05, 4.69) is 4.72 Å². The van der Waals surface area contributed by atoms with Crippen molar-refractivity contribution >= 4 is 37.9 Å². The average Bonchev–Trinajstić information content (AvgIpc) is 2.60. The van der Waals surface area contributed by atoms with Crippen molar-refractivity contribution in [3.8, 4) is 0 Å². The van der Waals surface area contributed by atoms with E-state index in [0.717, 1.165) is 0 Å². The van der Waals surface area contributed by atoms with Gasteiger partial charge >= 0.3 is 5.97 Å². The molecule has 0 atom stereocenters. The summed E-state index contributed by atoms with van der Waals surface area (Å²) < 4.78 is 32.5. The van der Waals surface area contributed by atoms with Crippen molar-refractivity contribution in [2.75, 3.05) is 7.05 Å². The lowest BCUT2D eigenvalue weighted by molar-refractivity contribution is 0.0697. The van der Waals surface area contributed by atoms with E-state index in [1.807, 2.05) is 6.92 Å². The van der Waals surface area contributed by atoms with Crippen LogP contribution in [0.15, 0.2) is 44.4 Å². The molecule has 0 fully saturated rings. The van der Waals surface area contributed by atoms with E-state index in [-0.39, 0.29) is 32.4 Å². The van der Waals surface area contributed by atoms with Gasteiger partial charge in [0.05, 0.1) is 16.3 Å². The molecule has 0 saturated carbocycles. The lowest BCUT2D eigenvalue weighted by atomic mass is 10.1. The van der Waals surface area contributed by atoms with Gasteiger partial charge in [0, 0.05) is 0 Å². The molecule has 0 radical (unpaired) electrons. The molecule has 0 unspecified atom stereocenters. The van der Waals surface area contributed by atoms with Gasteiger partial charge in [-0.3, -0.25) is 4.79 Å². The molecule has 7 nitrogen and oxygen atoms in total. The second-order valence-electron chi connectivity index (χ2n) is 5.48. The maximum atomic E-state index is 12.8. The number of fused-ring (bicyclic) bond motifs is 2. The fraction of sp³-hybridized carbons (Fsp3) is 0.176. The second-order valence-corrected chi connectivity index (χ2v) is 7.33. The molecule has 0 saturated heterocycles. The summed E-state index contributed by atoms with van der Waals surface area (Å²) in [5.41, 5.74) is 0.213. The fourth-order valence-electron chi connectivity index (χ4n) is 2.63. The third-order valence-corrected chi connectivity index (χ3v) is 5.43. The summed E-state index contributed by atoms with van der Waals surface area (Å²) in [6.07, 6.45) is 0.523. The predicted octanol–water partition coefficient (Wildman–Crippen LogP) is 2.11. The van der Waals surface area contributed by atoms with Crippen molar-refractivity contribution in [2.45, 2.75) is 18.2 Å². The number of nitrogens with one attached hydrogen (secondary N) is 1. The molecule has 2 aromatic carbocycles. The summed E-state index contributed by atoms with van der Waals surface area (Å²) in [6.45, 7) is 1.84. The van der Waals surface area contributed by atoms with Crippen LogP contribution in [0.2, 0.25) is 0 Å². The van der Waals surface area contributed by atoms with Crippen molar-refractivity contribution in [2.24, 2.45) is 0 Å². The first kappa shape index (κ1) is 17.1. The van der Waals surface area contributed by atoms with Crippen molar-refractivity contribution < 1.29 is 22.7 Å². The molecule has 1 aromatic heterocycles. The van der Waals surface area contributed by atoms with Crippen LogP contribution in [0, 0.1) is 0 Å². The zero-order chi connectivity index (χ0) is 18.4.